The molecular formula is C22H19N5O2. The highest BCUT2D eigenvalue weighted by Crippen LogP contribution is 2.17. The molecule has 0 atom stereocenters. The zero-order valence-corrected chi connectivity index (χ0v) is 15.6. The van der Waals surface area contributed by atoms with Crippen LogP contribution in [0.3, 0.4) is 0 Å². The van der Waals surface area contributed by atoms with Crippen LogP contribution in [-0.2, 0) is 17.9 Å². The molecule has 0 aliphatic heterocycles. The largest absolute Gasteiger partial charge is 0.488 e. The van der Waals surface area contributed by atoms with Crippen molar-refractivity contribution in [1.29, 1.82) is 0 Å². The third kappa shape index (κ3) is 4.65. The van der Waals surface area contributed by atoms with E-state index in [-0.39, 0.29) is 12.5 Å². The van der Waals surface area contributed by atoms with Gasteiger partial charge in [0, 0.05) is 5.56 Å². The van der Waals surface area contributed by atoms with Crippen molar-refractivity contribution in [3.05, 3.63) is 90.0 Å². The van der Waals surface area contributed by atoms with Crippen molar-refractivity contribution in [2.24, 2.45) is 5.10 Å². The van der Waals surface area contributed by atoms with Gasteiger partial charge in [-0.25, -0.2) is 10.1 Å². The summed E-state index contributed by atoms with van der Waals surface area (Å²) >= 11 is 0. The predicted molar refractivity (Wildman–Crippen MR) is 110 cm³/mol. The van der Waals surface area contributed by atoms with E-state index < -0.39 is 0 Å². The Bertz CT molecular complexity index is 1140. The summed E-state index contributed by atoms with van der Waals surface area (Å²) in [6, 6.07) is 24.9. The first-order valence-corrected chi connectivity index (χ1v) is 9.15. The minimum Gasteiger partial charge on any atom is -0.488 e. The molecule has 0 aliphatic rings. The highest BCUT2D eigenvalue weighted by molar-refractivity contribution is 5.85. The van der Waals surface area contributed by atoms with Crippen molar-refractivity contribution < 1.29 is 9.53 Å². The molecule has 144 valence electrons. The molecule has 0 bridgehead atoms. The number of nitrogens with one attached hydrogen (secondary N) is 1. The van der Waals surface area contributed by atoms with Crippen molar-refractivity contribution >= 4 is 23.2 Å². The molecule has 7 heteroatoms. The van der Waals surface area contributed by atoms with Gasteiger partial charge in [-0.2, -0.15) is 5.10 Å². The van der Waals surface area contributed by atoms with Gasteiger partial charge in [-0.15, -0.1) is 5.10 Å². The van der Waals surface area contributed by atoms with Crippen molar-refractivity contribution in [3.63, 3.8) is 0 Å². The third-order valence-electron chi connectivity index (χ3n) is 4.26. The Hall–Kier alpha value is -4.00. The fourth-order valence-corrected chi connectivity index (χ4v) is 2.83. The van der Waals surface area contributed by atoms with Gasteiger partial charge in [0.2, 0.25) is 0 Å². The zero-order chi connectivity index (χ0) is 19.9. The number of carbonyl (C=O) groups is 1. The molecule has 0 aliphatic carbocycles. The number of benzene rings is 3. The highest BCUT2D eigenvalue weighted by Gasteiger charge is 2.08. The van der Waals surface area contributed by atoms with Gasteiger partial charge in [-0.3, -0.25) is 4.79 Å². The Morgan fingerprint density at radius 2 is 1.76 bits per heavy atom. The number of fused-ring (bicyclic) bond motifs is 1. The number of ether oxygens (including phenoxy) is 1. The zero-order valence-electron chi connectivity index (χ0n) is 15.6. The topological polar surface area (TPSA) is 81.4 Å². The van der Waals surface area contributed by atoms with Gasteiger partial charge in [0.15, 0.2) is 0 Å². The van der Waals surface area contributed by atoms with E-state index in [9.17, 15) is 4.79 Å². The number of carbonyl (C=O) groups excluding carboxylic acids is 1. The third-order valence-corrected chi connectivity index (χ3v) is 4.26. The molecule has 0 radical (unpaired) electrons. The first-order valence-electron chi connectivity index (χ1n) is 9.15. The summed E-state index contributed by atoms with van der Waals surface area (Å²) in [6.07, 6.45) is 1.57. The molecule has 3 aromatic carbocycles. The summed E-state index contributed by atoms with van der Waals surface area (Å²) < 4.78 is 7.43. The summed E-state index contributed by atoms with van der Waals surface area (Å²) in [5.41, 5.74) is 5.91. The summed E-state index contributed by atoms with van der Waals surface area (Å²) in [6.45, 7) is 0.488. The van der Waals surface area contributed by atoms with Crippen LogP contribution in [0.2, 0.25) is 0 Å². The van der Waals surface area contributed by atoms with E-state index in [0.717, 1.165) is 22.2 Å². The van der Waals surface area contributed by atoms with Gasteiger partial charge < -0.3 is 4.74 Å². The molecule has 0 unspecified atom stereocenters. The molecule has 4 aromatic rings. The Morgan fingerprint density at radius 3 is 2.66 bits per heavy atom. The van der Waals surface area contributed by atoms with E-state index in [0.29, 0.717) is 12.4 Å². The second-order valence-electron chi connectivity index (χ2n) is 6.34. The second kappa shape index (κ2) is 8.79. The Morgan fingerprint density at radius 1 is 1.00 bits per heavy atom. The molecule has 29 heavy (non-hydrogen) atoms. The van der Waals surface area contributed by atoms with Crippen LogP contribution < -0.4 is 10.2 Å². The molecule has 7 nitrogen and oxygen atoms in total. The van der Waals surface area contributed by atoms with Crippen LogP contribution >= 0.6 is 0 Å². The minimum absolute atomic E-state index is 0.0318. The lowest BCUT2D eigenvalue weighted by Gasteiger charge is -2.09. The summed E-state index contributed by atoms with van der Waals surface area (Å²) in [7, 11) is 0. The first-order chi connectivity index (χ1) is 14.3. The molecule has 1 N–H and O–H groups in total. The van der Waals surface area contributed by atoms with E-state index in [2.05, 4.69) is 20.8 Å². The van der Waals surface area contributed by atoms with Crippen molar-refractivity contribution in [2.45, 2.75) is 13.2 Å². The lowest BCUT2D eigenvalue weighted by atomic mass is 10.2. The number of hydrogen-bond acceptors (Lipinski definition) is 5. The minimum atomic E-state index is -0.292. The monoisotopic (exact) mass is 385 g/mol. The average molecular weight is 385 g/mol. The predicted octanol–water partition coefficient (Wildman–Crippen LogP) is 3.16. The van der Waals surface area contributed by atoms with Crippen LogP contribution in [0, 0.1) is 0 Å². The Balaban J connectivity index is 1.37. The van der Waals surface area contributed by atoms with Gasteiger partial charge in [0.05, 0.1) is 11.7 Å². The summed E-state index contributed by atoms with van der Waals surface area (Å²) in [5, 5.41) is 12.1. The lowest BCUT2D eigenvalue weighted by Crippen LogP contribution is -2.23. The summed E-state index contributed by atoms with van der Waals surface area (Å²) in [4.78, 5) is 12.2. The van der Waals surface area contributed by atoms with E-state index >= 15 is 0 Å². The maximum Gasteiger partial charge on any atom is 0.261 e. The number of rotatable bonds is 7. The van der Waals surface area contributed by atoms with E-state index in [1.165, 1.54) is 4.68 Å². The molecule has 0 fully saturated rings. The molecular weight excluding hydrogens is 366 g/mol. The first kappa shape index (κ1) is 18.4. The van der Waals surface area contributed by atoms with Crippen LogP contribution in [0.4, 0.5) is 0 Å². The van der Waals surface area contributed by atoms with Crippen LogP contribution in [0.5, 0.6) is 5.75 Å². The molecule has 4 rings (SSSR count). The van der Waals surface area contributed by atoms with Crippen molar-refractivity contribution in [3.8, 4) is 5.75 Å². The van der Waals surface area contributed by atoms with Crippen LogP contribution in [0.1, 0.15) is 11.1 Å². The van der Waals surface area contributed by atoms with Crippen LogP contribution in [-0.4, -0.2) is 27.1 Å². The maximum absolute atomic E-state index is 12.2. The Kier molecular flexibility index (Phi) is 5.57. The van der Waals surface area contributed by atoms with E-state index in [1.54, 1.807) is 6.21 Å². The number of hydrogen-bond donors (Lipinski definition) is 1. The van der Waals surface area contributed by atoms with Gasteiger partial charge in [-0.05, 0) is 29.8 Å². The lowest BCUT2D eigenvalue weighted by molar-refractivity contribution is -0.121. The summed E-state index contributed by atoms with van der Waals surface area (Å²) in [5.74, 6) is 0.399. The fourth-order valence-electron chi connectivity index (χ4n) is 2.83. The second-order valence-corrected chi connectivity index (χ2v) is 6.34. The Labute approximate surface area is 167 Å². The normalized spacial score (nSPS) is 11.0. The molecule has 0 spiro atoms. The number of hydrazone groups is 1. The molecule has 0 saturated heterocycles. The number of nitrogens with zero attached hydrogens (tertiary/aromatic N) is 4. The van der Waals surface area contributed by atoms with Gasteiger partial charge in [0.25, 0.3) is 5.91 Å². The quantitative estimate of drug-likeness (QED) is 0.391. The van der Waals surface area contributed by atoms with E-state index in [1.807, 2.05) is 78.9 Å². The standard InChI is InChI=1S/C22H19N5O2/c28-22(15-27-20-12-6-5-11-19(20)24-26-27)25-23-14-18-10-4-7-13-21(18)29-16-17-8-2-1-3-9-17/h1-14H,15-16H2,(H,25,28). The smallest absolute Gasteiger partial charge is 0.261 e. The van der Waals surface area contributed by atoms with Gasteiger partial charge >= 0.3 is 0 Å². The maximum atomic E-state index is 12.2. The number of aromatic nitrogens is 3. The molecule has 1 amide bonds. The molecule has 0 saturated carbocycles. The molecule has 1 aromatic heterocycles. The van der Waals surface area contributed by atoms with E-state index in [4.69, 9.17) is 4.74 Å². The van der Waals surface area contributed by atoms with Crippen LogP contribution in [0.25, 0.3) is 11.0 Å². The van der Waals surface area contributed by atoms with Crippen molar-refractivity contribution in [1.82, 2.24) is 20.4 Å². The number of amides is 1. The SMILES string of the molecule is O=C(Cn1nnc2ccccc21)NN=Cc1ccccc1OCc1ccccc1. The molecule has 1 heterocycles. The highest BCUT2D eigenvalue weighted by atomic mass is 16.5. The average Bonchev–Trinajstić information content (AvgIpc) is 3.16. The fraction of sp³-hybridized carbons (Fsp3) is 0.0909. The van der Waals surface area contributed by atoms with Crippen molar-refractivity contribution in [2.75, 3.05) is 0 Å². The van der Waals surface area contributed by atoms with Crippen LogP contribution in [0.15, 0.2) is 84.0 Å². The van der Waals surface area contributed by atoms with Gasteiger partial charge in [0.1, 0.15) is 24.4 Å². The van der Waals surface area contributed by atoms with Gasteiger partial charge in [-0.1, -0.05) is 59.8 Å². The number of para-hydroxylation sites is 2.